The third-order valence-electron chi connectivity index (χ3n) is 4.81. The molecular weight excluding hydrogens is 418 g/mol. The quantitative estimate of drug-likeness (QED) is 0.363. The number of hydrogen-bond donors (Lipinski definition) is 1. The van der Waals surface area contributed by atoms with E-state index in [2.05, 4.69) is 16.4 Å². The standard InChI is InChI=1S/C26H21N3O2S/c1-2-31-21-12-13-23-19(15-21)14-20(16-27)26(29-23)32-17-25(30)28-24-11-7-6-10-22(24)18-8-4-3-5-9-18/h3-15H,2,17H2,1H3,(H,28,30). The van der Waals surface area contributed by atoms with Gasteiger partial charge in [0.2, 0.25) is 5.91 Å². The number of rotatable bonds is 7. The van der Waals surface area contributed by atoms with Gasteiger partial charge in [-0.05, 0) is 42.8 Å². The molecule has 1 amide bonds. The summed E-state index contributed by atoms with van der Waals surface area (Å²) < 4.78 is 5.53. The van der Waals surface area contributed by atoms with Crippen molar-refractivity contribution in [1.29, 1.82) is 5.26 Å². The fourth-order valence-corrected chi connectivity index (χ4v) is 4.13. The second-order valence-electron chi connectivity index (χ2n) is 6.99. The molecule has 32 heavy (non-hydrogen) atoms. The maximum Gasteiger partial charge on any atom is 0.234 e. The van der Waals surface area contributed by atoms with Crippen LogP contribution < -0.4 is 10.1 Å². The van der Waals surface area contributed by atoms with E-state index in [0.717, 1.165) is 33.5 Å². The van der Waals surface area contributed by atoms with Crippen molar-refractivity contribution in [1.82, 2.24) is 4.98 Å². The zero-order valence-corrected chi connectivity index (χ0v) is 18.4. The number of ether oxygens (including phenoxy) is 1. The molecule has 0 aliphatic heterocycles. The summed E-state index contributed by atoms with van der Waals surface area (Å²) in [5.74, 6) is 0.728. The summed E-state index contributed by atoms with van der Waals surface area (Å²) in [6.45, 7) is 2.49. The summed E-state index contributed by atoms with van der Waals surface area (Å²) in [4.78, 5) is 17.3. The van der Waals surface area contributed by atoms with Gasteiger partial charge in [0, 0.05) is 16.6 Å². The van der Waals surface area contributed by atoms with Crippen molar-refractivity contribution in [2.45, 2.75) is 11.9 Å². The molecule has 0 saturated heterocycles. The van der Waals surface area contributed by atoms with E-state index in [1.807, 2.05) is 79.7 Å². The van der Waals surface area contributed by atoms with Gasteiger partial charge >= 0.3 is 0 Å². The Morgan fingerprint density at radius 3 is 2.62 bits per heavy atom. The molecule has 1 heterocycles. The van der Waals surface area contributed by atoms with Gasteiger partial charge in [0.05, 0.1) is 23.4 Å². The molecule has 3 aromatic carbocycles. The first-order chi connectivity index (χ1) is 15.7. The van der Waals surface area contributed by atoms with Gasteiger partial charge in [-0.25, -0.2) is 4.98 Å². The number of fused-ring (bicyclic) bond motifs is 1. The Bertz CT molecular complexity index is 1300. The van der Waals surface area contributed by atoms with Crippen LogP contribution in [0.3, 0.4) is 0 Å². The number of hydrogen-bond acceptors (Lipinski definition) is 5. The molecule has 0 spiro atoms. The number of nitrogens with zero attached hydrogens (tertiary/aromatic N) is 2. The number of anilines is 1. The first-order valence-electron chi connectivity index (χ1n) is 10.2. The van der Waals surface area contributed by atoms with Crippen LogP contribution in [-0.2, 0) is 4.79 Å². The molecule has 1 N–H and O–H groups in total. The van der Waals surface area contributed by atoms with Crippen LogP contribution in [0.2, 0.25) is 0 Å². The van der Waals surface area contributed by atoms with E-state index in [-0.39, 0.29) is 11.7 Å². The molecule has 5 nitrogen and oxygen atoms in total. The predicted octanol–water partition coefficient (Wildman–Crippen LogP) is 5.90. The zero-order chi connectivity index (χ0) is 22.3. The van der Waals surface area contributed by atoms with Crippen molar-refractivity contribution in [2.75, 3.05) is 17.7 Å². The van der Waals surface area contributed by atoms with Gasteiger partial charge < -0.3 is 10.1 Å². The molecule has 0 aliphatic carbocycles. The minimum absolute atomic E-state index is 0.146. The largest absolute Gasteiger partial charge is 0.494 e. The van der Waals surface area contributed by atoms with Gasteiger partial charge in [-0.1, -0.05) is 60.3 Å². The number of carbonyl (C=O) groups is 1. The van der Waals surface area contributed by atoms with Crippen LogP contribution in [0.5, 0.6) is 5.75 Å². The average Bonchev–Trinajstić information content (AvgIpc) is 2.83. The van der Waals surface area contributed by atoms with Gasteiger partial charge in [0.15, 0.2) is 0 Å². The average molecular weight is 440 g/mol. The molecule has 0 fully saturated rings. The molecule has 0 radical (unpaired) electrons. The van der Waals surface area contributed by atoms with E-state index in [0.29, 0.717) is 17.2 Å². The highest BCUT2D eigenvalue weighted by Crippen LogP contribution is 2.29. The molecule has 0 aliphatic rings. The van der Waals surface area contributed by atoms with Gasteiger partial charge in [-0.2, -0.15) is 5.26 Å². The lowest BCUT2D eigenvalue weighted by Gasteiger charge is -2.12. The number of aromatic nitrogens is 1. The number of amides is 1. The summed E-state index contributed by atoms with van der Waals surface area (Å²) in [5.41, 5.74) is 3.93. The summed E-state index contributed by atoms with van der Waals surface area (Å²) in [7, 11) is 0. The van der Waals surface area contributed by atoms with E-state index in [9.17, 15) is 10.1 Å². The second kappa shape index (κ2) is 9.99. The zero-order valence-electron chi connectivity index (χ0n) is 17.5. The number of benzene rings is 3. The topological polar surface area (TPSA) is 75.0 Å². The van der Waals surface area contributed by atoms with Crippen LogP contribution in [0.25, 0.3) is 22.0 Å². The lowest BCUT2D eigenvalue weighted by Crippen LogP contribution is -2.15. The van der Waals surface area contributed by atoms with Crippen LogP contribution in [0, 0.1) is 11.3 Å². The monoisotopic (exact) mass is 439 g/mol. The maximum absolute atomic E-state index is 12.7. The molecular formula is C26H21N3O2S. The minimum atomic E-state index is -0.157. The molecule has 4 rings (SSSR count). The SMILES string of the molecule is CCOc1ccc2nc(SCC(=O)Nc3ccccc3-c3ccccc3)c(C#N)cc2c1. The van der Waals surface area contributed by atoms with Crippen molar-refractivity contribution in [2.24, 2.45) is 0 Å². The summed E-state index contributed by atoms with van der Waals surface area (Å²) in [5, 5.41) is 13.9. The van der Waals surface area contributed by atoms with E-state index < -0.39 is 0 Å². The highest BCUT2D eigenvalue weighted by molar-refractivity contribution is 8.00. The number of nitrogens with one attached hydrogen (secondary N) is 1. The minimum Gasteiger partial charge on any atom is -0.494 e. The Labute approximate surface area is 191 Å². The van der Waals surface area contributed by atoms with Crippen molar-refractivity contribution < 1.29 is 9.53 Å². The van der Waals surface area contributed by atoms with Gasteiger partial charge in [-0.15, -0.1) is 0 Å². The van der Waals surface area contributed by atoms with E-state index >= 15 is 0 Å². The first kappa shape index (κ1) is 21.4. The Kier molecular flexibility index (Phi) is 6.69. The molecule has 0 bridgehead atoms. The van der Waals surface area contributed by atoms with E-state index in [1.165, 1.54) is 11.8 Å². The predicted molar refractivity (Wildman–Crippen MR) is 129 cm³/mol. The molecule has 158 valence electrons. The lowest BCUT2D eigenvalue weighted by molar-refractivity contribution is -0.113. The summed E-state index contributed by atoms with van der Waals surface area (Å²) in [6, 6.07) is 27.2. The summed E-state index contributed by atoms with van der Waals surface area (Å²) >= 11 is 1.25. The molecule has 4 aromatic rings. The summed E-state index contributed by atoms with van der Waals surface area (Å²) in [6.07, 6.45) is 0. The van der Waals surface area contributed by atoms with E-state index in [1.54, 1.807) is 6.07 Å². The molecule has 0 saturated carbocycles. The fraction of sp³-hybridized carbons (Fsp3) is 0.115. The van der Waals surface area contributed by atoms with Crippen LogP contribution in [0.4, 0.5) is 5.69 Å². The second-order valence-corrected chi connectivity index (χ2v) is 7.95. The van der Waals surface area contributed by atoms with Crippen molar-refractivity contribution in [3.8, 4) is 22.9 Å². The molecule has 0 atom stereocenters. The Morgan fingerprint density at radius 1 is 1.06 bits per heavy atom. The number of carbonyl (C=O) groups excluding carboxylic acids is 1. The molecule has 6 heteroatoms. The van der Waals surface area contributed by atoms with Crippen molar-refractivity contribution in [3.05, 3.63) is 84.4 Å². The molecule has 1 aromatic heterocycles. The normalized spacial score (nSPS) is 10.5. The maximum atomic E-state index is 12.7. The van der Waals surface area contributed by atoms with Gasteiger partial charge in [-0.3, -0.25) is 4.79 Å². The first-order valence-corrected chi connectivity index (χ1v) is 11.2. The van der Waals surface area contributed by atoms with Gasteiger partial charge in [0.25, 0.3) is 0 Å². The van der Waals surface area contributed by atoms with Crippen LogP contribution in [-0.4, -0.2) is 23.3 Å². The Morgan fingerprint density at radius 2 is 1.84 bits per heavy atom. The van der Waals surface area contributed by atoms with Crippen LogP contribution in [0.15, 0.2) is 83.9 Å². The lowest BCUT2D eigenvalue weighted by atomic mass is 10.0. The number of pyridine rings is 1. The van der Waals surface area contributed by atoms with Crippen LogP contribution >= 0.6 is 11.8 Å². The fourth-order valence-electron chi connectivity index (χ4n) is 3.37. The number of para-hydroxylation sites is 1. The Hall–Kier alpha value is -3.82. The Balaban J connectivity index is 1.50. The number of thioether (sulfide) groups is 1. The van der Waals surface area contributed by atoms with Crippen molar-refractivity contribution >= 4 is 34.3 Å². The molecule has 0 unspecified atom stereocenters. The highest BCUT2D eigenvalue weighted by atomic mass is 32.2. The van der Waals surface area contributed by atoms with Crippen molar-refractivity contribution in [3.63, 3.8) is 0 Å². The third-order valence-corrected chi connectivity index (χ3v) is 5.80. The number of nitriles is 1. The van der Waals surface area contributed by atoms with E-state index in [4.69, 9.17) is 4.74 Å². The third kappa shape index (κ3) is 4.90. The van der Waals surface area contributed by atoms with Crippen LogP contribution in [0.1, 0.15) is 12.5 Å². The highest BCUT2D eigenvalue weighted by Gasteiger charge is 2.13. The smallest absolute Gasteiger partial charge is 0.234 e. The van der Waals surface area contributed by atoms with Gasteiger partial charge in [0.1, 0.15) is 16.8 Å².